The maximum absolute atomic E-state index is 16.8. The zero-order chi connectivity index (χ0) is 44.9. The highest BCUT2D eigenvalue weighted by atomic mass is 16.5. The maximum atomic E-state index is 16.8. The molecule has 4 amide bonds. The lowest BCUT2D eigenvalue weighted by molar-refractivity contribution is -0.818. The minimum absolute atomic E-state index is 0.0428. The van der Waals surface area contributed by atoms with Crippen molar-refractivity contribution in [3.63, 3.8) is 0 Å². The van der Waals surface area contributed by atoms with Gasteiger partial charge in [0.1, 0.15) is 56.6 Å². The van der Waals surface area contributed by atoms with Crippen LogP contribution in [-0.2, 0) is 30.0 Å². The van der Waals surface area contributed by atoms with Crippen LogP contribution in [0.1, 0.15) is 128 Å². The number of amides is 4. The number of hydrogen-bond acceptors (Lipinski definition) is 7. The molecule has 3 aromatic rings. The van der Waals surface area contributed by atoms with E-state index in [2.05, 4.69) is 56.2 Å². The van der Waals surface area contributed by atoms with Gasteiger partial charge < -0.3 is 44.7 Å². The van der Waals surface area contributed by atoms with Gasteiger partial charge in [-0.3, -0.25) is 19.2 Å². The van der Waals surface area contributed by atoms with Crippen LogP contribution < -0.4 is 19.9 Å². The molecule has 4 bridgehead atoms. The summed E-state index contributed by atoms with van der Waals surface area (Å²) in [5, 5.41) is 21.0. The minimum atomic E-state index is -1.63. The van der Waals surface area contributed by atoms with Crippen LogP contribution in [0.2, 0.25) is 0 Å². The van der Waals surface area contributed by atoms with Gasteiger partial charge in [-0.25, -0.2) is 0 Å². The number of H-pyrrole nitrogens is 1. The molecule has 1 aromatic heterocycles. The molecule has 13 heteroatoms. The van der Waals surface area contributed by atoms with Gasteiger partial charge in [0.2, 0.25) is 17.7 Å². The molecule has 336 valence electrons. The first-order valence-electron chi connectivity index (χ1n) is 24.2. The average Bonchev–Trinajstić information content (AvgIpc) is 4.06. The number of fused-ring (bicyclic) bond motifs is 10. The second-order valence-corrected chi connectivity index (χ2v) is 24.4. The van der Waals surface area contributed by atoms with E-state index in [1.54, 1.807) is 0 Å². The van der Waals surface area contributed by atoms with Crippen molar-refractivity contribution in [3.05, 3.63) is 69.6 Å². The summed E-state index contributed by atoms with van der Waals surface area (Å²) in [7, 11) is 0. The molecule has 0 radical (unpaired) electrons. The number of rotatable bonds is 0. The molecule has 5 spiro atoms. The predicted octanol–water partition coefficient (Wildman–Crippen LogP) is 4.88. The molecule has 12 aliphatic heterocycles. The van der Waals surface area contributed by atoms with E-state index >= 15 is 24.4 Å². The van der Waals surface area contributed by atoms with Gasteiger partial charge in [-0.1, -0.05) is 27.7 Å². The number of piperidine rings is 4. The first-order valence-corrected chi connectivity index (χ1v) is 24.2. The summed E-state index contributed by atoms with van der Waals surface area (Å²) in [6, 6.07) is 6.31. The Morgan fingerprint density at radius 1 is 0.754 bits per heavy atom. The van der Waals surface area contributed by atoms with Crippen LogP contribution in [0.15, 0.2) is 36.4 Å². The monoisotopic (exact) mass is 876 g/mol. The van der Waals surface area contributed by atoms with Crippen molar-refractivity contribution in [3.8, 4) is 11.5 Å². The summed E-state index contributed by atoms with van der Waals surface area (Å²) in [5.41, 5.74) is -3.69. The number of aromatic amines is 1. The number of aromatic nitrogens is 1. The number of ether oxygens (including phenoxy) is 2. The van der Waals surface area contributed by atoms with E-state index in [0.717, 1.165) is 39.0 Å². The van der Waals surface area contributed by atoms with Crippen molar-refractivity contribution in [1.82, 2.24) is 25.0 Å². The summed E-state index contributed by atoms with van der Waals surface area (Å²) in [6.07, 6.45) is 11.6. The molecule has 11 atom stereocenters. The number of quaternary nitrogens is 1. The molecule has 13 heterocycles. The summed E-state index contributed by atoms with van der Waals surface area (Å²) in [6.45, 7) is 17.7. The van der Waals surface area contributed by atoms with Crippen molar-refractivity contribution in [2.24, 2.45) is 17.3 Å². The fraction of sp³-hybridized carbons (Fsp3) is 0.577. The van der Waals surface area contributed by atoms with Gasteiger partial charge in [-0.15, -0.1) is 0 Å². The van der Waals surface area contributed by atoms with Crippen LogP contribution in [0.25, 0.3) is 23.1 Å². The Balaban J connectivity index is 1.15. The number of hydroxylamine groups is 1. The number of piperazine rings is 2. The second kappa shape index (κ2) is 10.4. The highest BCUT2D eigenvalue weighted by molar-refractivity contribution is 6.12. The third-order valence-electron chi connectivity index (χ3n) is 20.3. The highest BCUT2D eigenvalue weighted by Gasteiger charge is 2.95. The Kier molecular flexibility index (Phi) is 6.06. The zero-order valence-corrected chi connectivity index (χ0v) is 38.4. The summed E-state index contributed by atoms with van der Waals surface area (Å²) >= 11 is 0. The minimum Gasteiger partial charge on any atom is -0.629 e. The van der Waals surface area contributed by atoms with Gasteiger partial charge in [0.05, 0.1) is 22.5 Å². The average molecular weight is 877 g/mol. The SMILES string of the molecule is CC1(C)C=Cc2c(ccc3c2[NH+]([O-])C2C(C)(C)C4C[C@]56CCCN5C(=O)C4(NC6=O)[C@H]4N5C(=O)[C@]67CCCN6C(=O)C56C(C7)C(C)(C)c5[nH]c7c8c(ccc7c5[C@@H]6C324)OC(C)(C)C=C8)O1. The molecule has 14 aliphatic rings. The first-order chi connectivity index (χ1) is 30.7. The Labute approximate surface area is 377 Å². The third-order valence-corrected chi connectivity index (χ3v) is 20.3. The molecule has 10 fully saturated rings. The van der Waals surface area contributed by atoms with Crippen LogP contribution in [0.3, 0.4) is 0 Å². The summed E-state index contributed by atoms with van der Waals surface area (Å²) < 4.78 is 13.2. The van der Waals surface area contributed by atoms with Crippen molar-refractivity contribution >= 4 is 52.4 Å². The Morgan fingerprint density at radius 2 is 1.38 bits per heavy atom. The molecule has 13 nitrogen and oxygen atoms in total. The Hall–Kier alpha value is -5.14. The van der Waals surface area contributed by atoms with Gasteiger partial charge >= 0.3 is 0 Å². The number of nitrogens with zero attached hydrogens (tertiary/aromatic N) is 3. The lowest BCUT2D eigenvalue weighted by Crippen LogP contribution is -3.11. The third kappa shape index (κ3) is 3.48. The predicted molar refractivity (Wildman–Crippen MR) is 239 cm³/mol. The molecule has 9 saturated heterocycles. The molecule has 17 rings (SSSR count). The number of carbonyl (C=O) groups excluding carboxylic acids is 4. The smallest absolute Gasteiger partial charge is 0.251 e. The van der Waals surface area contributed by atoms with E-state index in [0.29, 0.717) is 68.6 Å². The van der Waals surface area contributed by atoms with E-state index in [1.165, 1.54) is 0 Å². The van der Waals surface area contributed by atoms with E-state index in [4.69, 9.17) is 9.47 Å². The lowest BCUT2D eigenvalue weighted by Gasteiger charge is -2.71. The van der Waals surface area contributed by atoms with Crippen LogP contribution >= 0.6 is 0 Å². The highest BCUT2D eigenvalue weighted by Crippen LogP contribution is 2.81. The topological polar surface area (TPSA) is 152 Å². The molecular formula is C52H56N6O7. The van der Waals surface area contributed by atoms with E-state index in [1.807, 2.05) is 72.7 Å². The molecular weight excluding hydrogens is 821 g/mol. The molecule has 65 heavy (non-hydrogen) atoms. The van der Waals surface area contributed by atoms with Crippen LogP contribution in [0, 0.1) is 22.5 Å². The molecule has 1 saturated carbocycles. The molecule has 3 N–H and O–H groups in total. The summed E-state index contributed by atoms with van der Waals surface area (Å²) in [5.74, 6) is -0.899. The molecule has 7 unspecified atom stereocenters. The van der Waals surface area contributed by atoms with E-state index < -0.39 is 79.4 Å². The van der Waals surface area contributed by atoms with Gasteiger partial charge in [0.25, 0.3) is 5.91 Å². The standard InChI is InChI=1S/C52H56N6O7/c1-44(2)19-15-25-29(64-44)13-11-27-33-36-50-28-12-14-30-26(16-20-45(3,4)65-30)35(28)58(63)38(50)47(7,8)31-23-48-17-9-21-55(48)42(61)51(31,54-40(48)59)39(50)57-41(60)49-18-10-22-56(49)43(62)52(36,57)32(24-49)46(5,6)37(33)53-34(25)27/h11-16,19-20,31-32,36,38-39,53,58H,9-10,17-18,21-24H2,1-8H3,(H,54,59)/t31?,32?,36-,38?,39+,48+,49-,50?,51?,52?/m1/s1. The number of carbonyl (C=O) groups is 4. The normalized spacial score (nSPS) is 43.1. The molecule has 2 aliphatic carbocycles. The van der Waals surface area contributed by atoms with Gasteiger partial charge in [-0.2, -0.15) is 0 Å². The van der Waals surface area contributed by atoms with Crippen molar-refractivity contribution in [2.75, 3.05) is 13.1 Å². The van der Waals surface area contributed by atoms with Crippen molar-refractivity contribution in [2.45, 2.75) is 156 Å². The van der Waals surface area contributed by atoms with Crippen LogP contribution in [0.5, 0.6) is 11.5 Å². The van der Waals surface area contributed by atoms with Crippen molar-refractivity contribution in [1.29, 1.82) is 0 Å². The first kappa shape index (κ1) is 38.0. The zero-order valence-electron chi connectivity index (χ0n) is 38.4. The van der Waals surface area contributed by atoms with E-state index in [9.17, 15) is 0 Å². The van der Waals surface area contributed by atoms with Crippen molar-refractivity contribution < 1.29 is 33.7 Å². The lowest BCUT2D eigenvalue weighted by atomic mass is 9.38. The maximum Gasteiger partial charge on any atom is 0.251 e. The molecule has 2 aromatic carbocycles. The fourth-order valence-electron chi connectivity index (χ4n) is 18.4. The number of hydrogen-bond donors (Lipinski definition) is 3. The largest absolute Gasteiger partial charge is 0.629 e. The Morgan fingerprint density at radius 3 is 2.11 bits per heavy atom. The summed E-state index contributed by atoms with van der Waals surface area (Å²) in [4.78, 5) is 74.7. The Bertz CT molecular complexity index is 3000. The van der Waals surface area contributed by atoms with E-state index in [-0.39, 0.29) is 28.7 Å². The number of benzene rings is 2. The van der Waals surface area contributed by atoms with Gasteiger partial charge in [-0.05, 0) is 120 Å². The second-order valence-electron chi connectivity index (χ2n) is 24.4. The quantitative estimate of drug-likeness (QED) is 0.273. The van der Waals surface area contributed by atoms with Crippen LogP contribution in [0.4, 0.5) is 5.69 Å². The fourth-order valence-corrected chi connectivity index (χ4v) is 18.4. The van der Waals surface area contributed by atoms with Gasteiger partial charge in [0.15, 0.2) is 0 Å². The number of nitrogens with one attached hydrogen (secondary N) is 3. The van der Waals surface area contributed by atoms with Gasteiger partial charge in [0, 0.05) is 63.9 Å². The van der Waals surface area contributed by atoms with Crippen LogP contribution in [-0.4, -0.2) is 102 Å².